The zero-order valence-corrected chi connectivity index (χ0v) is 15.4. The zero-order valence-electron chi connectivity index (χ0n) is 15.4. The van der Waals surface area contributed by atoms with Crippen molar-refractivity contribution in [2.75, 3.05) is 13.1 Å². The number of rotatable bonds is 3. The molecule has 1 aliphatic heterocycles. The Kier molecular flexibility index (Phi) is 3.40. The highest BCUT2D eigenvalue weighted by atomic mass is 16.2. The SMILES string of the molecule is CC(C)C(C(=O)N1CC(C#N)C1)n1cc2c(n1)c(=O)c1cnc3nc[nH]c2c31. The number of H-pyrrole nitrogens is 1. The molecule has 0 spiro atoms. The first-order valence-electron chi connectivity index (χ1n) is 9.14. The number of carbonyl (C=O) groups is 1. The second-order valence-corrected chi connectivity index (χ2v) is 7.61. The van der Waals surface area contributed by atoms with Gasteiger partial charge in [0.1, 0.15) is 11.6 Å². The molecule has 4 heterocycles. The fraction of sp³-hybridized carbons (Fsp3) is 0.368. The van der Waals surface area contributed by atoms with Gasteiger partial charge in [-0.15, -0.1) is 0 Å². The molecule has 1 aliphatic rings. The predicted octanol–water partition coefficient (Wildman–Crippen LogP) is 1.44. The van der Waals surface area contributed by atoms with E-state index in [9.17, 15) is 9.59 Å². The Morgan fingerprint density at radius 3 is 2.82 bits per heavy atom. The predicted molar refractivity (Wildman–Crippen MR) is 102 cm³/mol. The lowest BCUT2D eigenvalue weighted by atomic mass is 9.97. The van der Waals surface area contributed by atoms with Gasteiger partial charge in [0.2, 0.25) is 11.3 Å². The number of nitrogens with zero attached hydrogens (tertiary/aromatic N) is 6. The quantitative estimate of drug-likeness (QED) is 0.578. The molecule has 1 aromatic carbocycles. The minimum atomic E-state index is -0.539. The van der Waals surface area contributed by atoms with Crippen molar-refractivity contribution >= 4 is 38.7 Å². The number of aromatic nitrogens is 5. The molecule has 3 aromatic heterocycles. The van der Waals surface area contributed by atoms with Gasteiger partial charge in [0.25, 0.3) is 0 Å². The highest BCUT2D eigenvalue weighted by Crippen LogP contribution is 2.30. The van der Waals surface area contributed by atoms with Gasteiger partial charge in [0, 0.05) is 30.9 Å². The van der Waals surface area contributed by atoms with Gasteiger partial charge in [-0.05, 0) is 5.92 Å². The van der Waals surface area contributed by atoms with E-state index in [0.29, 0.717) is 40.4 Å². The van der Waals surface area contributed by atoms with Gasteiger partial charge in [-0.25, -0.2) is 9.97 Å². The van der Waals surface area contributed by atoms with Crippen LogP contribution in [0.3, 0.4) is 0 Å². The summed E-state index contributed by atoms with van der Waals surface area (Å²) in [6.07, 6.45) is 4.81. The van der Waals surface area contributed by atoms with E-state index in [1.807, 2.05) is 13.8 Å². The maximum Gasteiger partial charge on any atom is 0.247 e. The Labute approximate surface area is 158 Å². The molecule has 140 valence electrons. The first-order valence-corrected chi connectivity index (χ1v) is 9.14. The van der Waals surface area contributed by atoms with Gasteiger partial charge in [0.15, 0.2) is 5.65 Å². The van der Waals surface area contributed by atoms with E-state index in [4.69, 9.17) is 5.26 Å². The van der Waals surface area contributed by atoms with E-state index < -0.39 is 6.04 Å². The Morgan fingerprint density at radius 1 is 1.32 bits per heavy atom. The number of benzene rings is 1. The molecule has 28 heavy (non-hydrogen) atoms. The van der Waals surface area contributed by atoms with Crippen molar-refractivity contribution in [3.8, 4) is 6.07 Å². The highest BCUT2D eigenvalue weighted by Gasteiger charge is 2.37. The zero-order chi connectivity index (χ0) is 19.6. The first-order chi connectivity index (χ1) is 13.5. The molecule has 9 heteroatoms. The topological polar surface area (TPSA) is 121 Å². The Bertz CT molecular complexity index is 1320. The molecule has 1 fully saturated rings. The normalized spacial score (nSPS) is 16.1. The van der Waals surface area contributed by atoms with Gasteiger partial charge in [-0.1, -0.05) is 13.8 Å². The standard InChI is InChI=1S/C19H17N7O2/c1-9(2)16(19(28)25-5-10(3-20)6-25)26-7-12-14-13-11(17(27)15(12)24-26)4-21-18(13)23-8-22-14/h4,7-10,16H,5-6H2,1-2H3,(H,21,22,23). The van der Waals surface area contributed by atoms with Crippen molar-refractivity contribution < 1.29 is 4.79 Å². The van der Waals surface area contributed by atoms with Crippen LogP contribution in [0.4, 0.5) is 0 Å². The molecule has 1 N–H and O–H groups in total. The third-order valence-corrected chi connectivity index (χ3v) is 5.46. The van der Waals surface area contributed by atoms with Gasteiger partial charge in [-0.3, -0.25) is 14.3 Å². The summed E-state index contributed by atoms with van der Waals surface area (Å²) in [5.74, 6) is -0.211. The fourth-order valence-corrected chi connectivity index (χ4v) is 3.98. The summed E-state index contributed by atoms with van der Waals surface area (Å²) >= 11 is 0. The maximum absolute atomic E-state index is 13.0. The Morgan fingerprint density at radius 2 is 2.11 bits per heavy atom. The van der Waals surface area contributed by atoms with Crippen molar-refractivity contribution in [2.24, 2.45) is 11.8 Å². The molecule has 1 saturated heterocycles. The summed E-state index contributed by atoms with van der Waals surface area (Å²) in [6, 6.07) is 1.64. The first kappa shape index (κ1) is 16.6. The van der Waals surface area contributed by atoms with E-state index in [1.54, 1.807) is 22.1 Å². The number of hydrogen-bond acceptors (Lipinski definition) is 6. The van der Waals surface area contributed by atoms with E-state index in [2.05, 4.69) is 26.1 Å². The van der Waals surface area contributed by atoms with E-state index >= 15 is 0 Å². The molecule has 0 saturated carbocycles. The summed E-state index contributed by atoms with van der Waals surface area (Å²) in [5, 5.41) is 15.3. The van der Waals surface area contributed by atoms with Crippen molar-refractivity contribution in [3.63, 3.8) is 0 Å². The van der Waals surface area contributed by atoms with Gasteiger partial charge in [0.05, 0.1) is 34.6 Å². The largest absolute Gasteiger partial charge is 0.345 e. The number of carbonyl (C=O) groups excluding carboxylic acids is 1. The Hall–Kier alpha value is -3.54. The smallest absolute Gasteiger partial charge is 0.247 e. The third-order valence-electron chi connectivity index (χ3n) is 5.46. The maximum atomic E-state index is 13.0. The van der Waals surface area contributed by atoms with Gasteiger partial charge < -0.3 is 9.88 Å². The molecule has 1 unspecified atom stereocenters. The number of nitriles is 1. The molecule has 0 radical (unpaired) electrons. The number of likely N-dealkylation sites (tertiary alicyclic amines) is 1. The van der Waals surface area contributed by atoms with Crippen molar-refractivity contribution in [1.82, 2.24) is 29.6 Å². The number of nitrogens with one attached hydrogen (secondary N) is 1. The molecule has 5 rings (SSSR count). The second-order valence-electron chi connectivity index (χ2n) is 7.61. The van der Waals surface area contributed by atoms with Crippen molar-refractivity contribution in [1.29, 1.82) is 5.26 Å². The second kappa shape index (κ2) is 5.73. The van der Waals surface area contributed by atoms with Crippen LogP contribution >= 0.6 is 0 Å². The molecule has 1 atom stereocenters. The van der Waals surface area contributed by atoms with Crippen LogP contribution in [0.15, 0.2) is 23.5 Å². The summed E-state index contributed by atoms with van der Waals surface area (Å²) in [4.78, 5) is 39.1. The van der Waals surface area contributed by atoms with Crippen LogP contribution in [-0.2, 0) is 4.79 Å². The van der Waals surface area contributed by atoms with Crippen molar-refractivity contribution in [3.05, 3.63) is 28.9 Å². The number of amides is 1. The fourth-order valence-electron chi connectivity index (χ4n) is 3.98. The summed E-state index contributed by atoms with van der Waals surface area (Å²) in [5.41, 5.74) is 1.34. The number of hydrogen-bond donors (Lipinski definition) is 1. The molecular weight excluding hydrogens is 358 g/mol. The average molecular weight is 375 g/mol. The molecule has 1 amide bonds. The van der Waals surface area contributed by atoms with Crippen LogP contribution in [0, 0.1) is 23.2 Å². The van der Waals surface area contributed by atoms with Crippen LogP contribution in [0.5, 0.6) is 0 Å². The Balaban J connectivity index is 1.67. The summed E-state index contributed by atoms with van der Waals surface area (Å²) < 4.78 is 1.59. The van der Waals surface area contributed by atoms with Crippen LogP contribution in [0.1, 0.15) is 19.9 Å². The monoisotopic (exact) mass is 375 g/mol. The van der Waals surface area contributed by atoms with E-state index in [0.717, 1.165) is 5.52 Å². The molecular formula is C19H17N7O2. The number of fused-ring (bicyclic) bond motifs is 2. The average Bonchev–Trinajstić information content (AvgIpc) is 3.24. The number of aromatic amines is 1. The van der Waals surface area contributed by atoms with Crippen LogP contribution in [0.2, 0.25) is 0 Å². The molecule has 9 nitrogen and oxygen atoms in total. The van der Waals surface area contributed by atoms with Crippen LogP contribution in [0.25, 0.3) is 32.8 Å². The lowest BCUT2D eigenvalue weighted by molar-refractivity contribution is -0.141. The lowest BCUT2D eigenvalue weighted by Gasteiger charge is -2.38. The van der Waals surface area contributed by atoms with Crippen LogP contribution < -0.4 is 5.43 Å². The molecule has 4 aromatic rings. The molecule has 0 bridgehead atoms. The summed E-state index contributed by atoms with van der Waals surface area (Å²) in [7, 11) is 0. The molecule has 0 aliphatic carbocycles. The minimum Gasteiger partial charge on any atom is -0.345 e. The highest BCUT2D eigenvalue weighted by molar-refractivity contribution is 6.17. The van der Waals surface area contributed by atoms with Gasteiger partial charge >= 0.3 is 0 Å². The van der Waals surface area contributed by atoms with Crippen LogP contribution in [-0.4, -0.2) is 48.6 Å². The van der Waals surface area contributed by atoms with Gasteiger partial charge in [-0.2, -0.15) is 10.4 Å². The van der Waals surface area contributed by atoms with Crippen molar-refractivity contribution in [2.45, 2.75) is 19.9 Å². The third kappa shape index (κ3) is 2.14. The minimum absolute atomic E-state index is 0.0283. The lowest BCUT2D eigenvalue weighted by Crippen LogP contribution is -2.52. The van der Waals surface area contributed by atoms with E-state index in [1.165, 1.54) is 6.20 Å². The summed E-state index contributed by atoms with van der Waals surface area (Å²) in [6.45, 7) is 4.78. The van der Waals surface area contributed by atoms with E-state index in [-0.39, 0.29) is 23.2 Å².